The van der Waals surface area contributed by atoms with E-state index in [0.717, 1.165) is 28.5 Å². The number of nitrogens with zero attached hydrogens (tertiary/aromatic N) is 3. The van der Waals surface area contributed by atoms with Crippen molar-refractivity contribution >= 4 is 11.6 Å². The summed E-state index contributed by atoms with van der Waals surface area (Å²) in [5, 5.41) is 0. The van der Waals surface area contributed by atoms with Crippen molar-refractivity contribution in [3.8, 4) is 5.82 Å². The maximum atomic E-state index is 6.02. The van der Waals surface area contributed by atoms with Crippen LogP contribution in [0.2, 0.25) is 0 Å². The highest BCUT2D eigenvalue weighted by atomic mass is 35.5. The van der Waals surface area contributed by atoms with Crippen LogP contribution in [0.15, 0.2) is 12.4 Å². The van der Waals surface area contributed by atoms with Gasteiger partial charge in [-0.2, -0.15) is 0 Å². The van der Waals surface area contributed by atoms with E-state index < -0.39 is 0 Å². The van der Waals surface area contributed by atoms with Gasteiger partial charge in [-0.15, -0.1) is 11.6 Å². The Balaban J connectivity index is 2.70. The van der Waals surface area contributed by atoms with Gasteiger partial charge in [0.2, 0.25) is 0 Å². The second-order valence-electron chi connectivity index (χ2n) is 4.30. The Morgan fingerprint density at radius 3 is 2.47 bits per heavy atom. The molecule has 0 bridgehead atoms. The van der Waals surface area contributed by atoms with Gasteiger partial charge < -0.3 is 0 Å². The van der Waals surface area contributed by atoms with Gasteiger partial charge in [0, 0.05) is 17.0 Å². The number of rotatable bonds is 2. The first-order valence-electron chi connectivity index (χ1n) is 5.58. The second-order valence-corrected chi connectivity index (χ2v) is 4.57. The van der Waals surface area contributed by atoms with E-state index in [2.05, 4.69) is 23.0 Å². The Kier molecular flexibility index (Phi) is 3.20. The molecule has 0 atom stereocenters. The second kappa shape index (κ2) is 4.49. The van der Waals surface area contributed by atoms with E-state index in [4.69, 9.17) is 11.6 Å². The molecule has 2 heterocycles. The van der Waals surface area contributed by atoms with E-state index in [1.165, 1.54) is 5.56 Å². The van der Waals surface area contributed by atoms with Gasteiger partial charge in [-0.1, -0.05) is 0 Å². The van der Waals surface area contributed by atoms with Crippen molar-refractivity contribution in [3.05, 3.63) is 40.6 Å². The lowest BCUT2D eigenvalue weighted by molar-refractivity contribution is 0.913. The van der Waals surface area contributed by atoms with Gasteiger partial charge in [0.15, 0.2) is 0 Å². The Labute approximate surface area is 106 Å². The minimum absolute atomic E-state index is 0.463. The third kappa shape index (κ3) is 2.07. The van der Waals surface area contributed by atoms with Crippen LogP contribution in [0, 0.1) is 27.7 Å². The molecule has 2 aromatic heterocycles. The molecule has 0 N–H and O–H groups in total. The van der Waals surface area contributed by atoms with Crippen molar-refractivity contribution in [2.45, 2.75) is 33.6 Å². The number of hydrogen-bond donors (Lipinski definition) is 0. The predicted molar refractivity (Wildman–Crippen MR) is 69.9 cm³/mol. The average Bonchev–Trinajstić information content (AvgIpc) is 2.59. The van der Waals surface area contributed by atoms with Crippen molar-refractivity contribution in [3.63, 3.8) is 0 Å². The standard InChI is InChI=1S/C13H16ClN3/c1-8-5-9(2)16-13(12(8)6-14)17-7-15-10(3)11(17)4/h5,7H,6H2,1-4H3. The molecule has 0 saturated carbocycles. The minimum atomic E-state index is 0.463. The van der Waals surface area contributed by atoms with Crippen LogP contribution in [0.5, 0.6) is 0 Å². The molecule has 0 fully saturated rings. The molecule has 0 aliphatic rings. The fourth-order valence-corrected chi connectivity index (χ4v) is 2.25. The molecule has 2 rings (SSSR count). The Bertz CT molecular complexity index is 558. The third-order valence-corrected chi connectivity index (χ3v) is 3.33. The lowest BCUT2D eigenvalue weighted by atomic mass is 10.1. The third-order valence-electron chi connectivity index (χ3n) is 3.07. The summed E-state index contributed by atoms with van der Waals surface area (Å²) in [7, 11) is 0. The highest BCUT2D eigenvalue weighted by Gasteiger charge is 2.12. The van der Waals surface area contributed by atoms with Gasteiger partial charge >= 0.3 is 0 Å². The SMILES string of the molecule is Cc1cc(C)c(CCl)c(-n2cnc(C)c2C)n1. The highest BCUT2D eigenvalue weighted by molar-refractivity contribution is 6.17. The van der Waals surface area contributed by atoms with Crippen molar-refractivity contribution in [2.75, 3.05) is 0 Å². The fraction of sp³-hybridized carbons (Fsp3) is 0.385. The fourth-order valence-electron chi connectivity index (χ4n) is 1.92. The van der Waals surface area contributed by atoms with Crippen molar-refractivity contribution in [2.24, 2.45) is 0 Å². The largest absolute Gasteiger partial charge is 0.287 e. The Morgan fingerprint density at radius 1 is 1.24 bits per heavy atom. The molecule has 0 amide bonds. The minimum Gasteiger partial charge on any atom is -0.287 e. The summed E-state index contributed by atoms with van der Waals surface area (Å²) in [6, 6.07) is 2.06. The summed E-state index contributed by atoms with van der Waals surface area (Å²) in [5.41, 5.74) is 5.36. The molecule has 0 radical (unpaired) electrons. The van der Waals surface area contributed by atoms with Crippen molar-refractivity contribution in [1.82, 2.24) is 14.5 Å². The average molecular weight is 250 g/mol. The monoisotopic (exact) mass is 249 g/mol. The molecule has 0 saturated heterocycles. The van der Waals surface area contributed by atoms with Crippen LogP contribution in [-0.4, -0.2) is 14.5 Å². The molecule has 0 aliphatic heterocycles. The van der Waals surface area contributed by atoms with E-state index in [1.54, 1.807) is 0 Å². The molecule has 0 aliphatic carbocycles. The van der Waals surface area contributed by atoms with Gasteiger partial charge in [0.05, 0.1) is 11.6 Å². The molecule has 4 heteroatoms. The summed E-state index contributed by atoms with van der Waals surface area (Å²) >= 11 is 6.02. The van der Waals surface area contributed by atoms with Crippen molar-refractivity contribution in [1.29, 1.82) is 0 Å². The molecule has 17 heavy (non-hydrogen) atoms. The van der Waals surface area contributed by atoms with E-state index in [9.17, 15) is 0 Å². The maximum Gasteiger partial charge on any atom is 0.143 e. The van der Waals surface area contributed by atoms with Crippen LogP contribution in [-0.2, 0) is 5.88 Å². The Hall–Kier alpha value is -1.35. The van der Waals surface area contributed by atoms with Crippen LogP contribution in [0.1, 0.15) is 28.2 Å². The quantitative estimate of drug-likeness (QED) is 0.765. The maximum absolute atomic E-state index is 6.02. The van der Waals surface area contributed by atoms with Crippen LogP contribution in [0.4, 0.5) is 0 Å². The predicted octanol–water partition coefficient (Wildman–Crippen LogP) is 3.24. The zero-order chi connectivity index (χ0) is 12.6. The topological polar surface area (TPSA) is 30.7 Å². The number of pyridine rings is 1. The van der Waals surface area contributed by atoms with Crippen LogP contribution in [0.3, 0.4) is 0 Å². The molecule has 2 aromatic rings. The number of aryl methyl sites for hydroxylation is 3. The first-order chi connectivity index (χ1) is 8.04. The number of alkyl halides is 1. The van der Waals surface area contributed by atoms with Crippen LogP contribution < -0.4 is 0 Å². The summed E-state index contributed by atoms with van der Waals surface area (Å²) in [4.78, 5) is 8.89. The molecule has 0 unspecified atom stereocenters. The lowest BCUT2D eigenvalue weighted by Crippen LogP contribution is -2.06. The smallest absolute Gasteiger partial charge is 0.143 e. The number of halogens is 1. The highest BCUT2D eigenvalue weighted by Crippen LogP contribution is 2.22. The molecular formula is C13H16ClN3. The van der Waals surface area contributed by atoms with E-state index in [1.807, 2.05) is 31.7 Å². The summed E-state index contributed by atoms with van der Waals surface area (Å²) in [6.45, 7) is 8.09. The summed E-state index contributed by atoms with van der Waals surface area (Å²) in [6.07, 6.45) is 1.81. The Morgan fingerprint density at radius 2 is 1.94 bits per heavy atom. The van der Waals surface area contributed by atoms with Crippen molar-refractivity contribution < 1.29 is 0 Å². The number of hydrogen-bond acceptors (Lipinski definition) is 2. The van der Waals surface area contributed by atoms with E-state index >= 15 is 0 Å². The molecular weight excluding hydrogens is 234 g/mol. The lowest BCUT2D eigenvalue weighted by Gasteiger charge is -2.13. The first-order valence-corrected chi connectivity index (χ1v) is 6.12. The van der Waals surface area contributed by atoms with Crippen LogP contribution >= 0.6 is 11.6 Å². The molecule has 90 valence electrons. The summed E-state index contributed by atoms with van der Waals surface area (Å²) in [5.74, 6) is 1.36. The van der Waals surface area contributed by atoms with Gasteiger partial charge in [0.1, 0.15) is 12.1 Å². The zero-order valence-electron chi connectivity index (χ0n) is 10.6. The molecule has 0 aromatic carbocycles. The van der Waals surface area contributed by atoms with Gasteiger partial charge in [-0.3, -0.25) is 4.57 Å². The van der Waals surface area contributed by atoms with E-state index in [-0.39, 0.29) is 0 Å². The number of imidazole rings is 1. The first kappa shape index (κ1) is 12.1. The normalized spacial score (nSPS) is 10.9. The molecule has 3 nitrogen and oxygen atoms in total. The van der Waals surface area contributed by atoms with Gasteiger partial charge in [0.25, 0.3) is 0 Å². The van der Waals surface area contributed by atoms with E-state index in [0.29, 0.717) is 5.88 Å². The number of aromatic nitrogens is 3. The van der Waals surface area contributed by atoms with Gasteiger partial charge in [-0.25, -0.2) is 9.97 Å². The van der Waals surface area contributed by atoms with Gasteiger partial charge in [-0.05, 0) is 39.3 Å². The molecule has 0 spiro atoms. The van der Waals surface area contributed by atoms with Crippen LogP contribution in [0.25, 0.3) is 5.82 Å². The summed E-state index contributed by atoms with van der Waals surface area (Å²) < 4.78 is 2.01. The zero-order valence-corrected chi connectivity index (χ0v) is 11.3.